The molecule has 0 aliphatic rings. The monoisotopic (exact) mass is 328 g/mol. The number of phenols is 2. The predicted molar refractivity (Wildman–Crippen MR) is 95.0 cm³/mol. The van der Waals surface area contributed by atoms with Gasteiger partial charge in [-0.25, -0.2) is 0 Å². The van der Waals surface area contributed by atoms with E-state index in [1.54, 1.807) is 38.5 Å². The summed E-state index contributed by atoms with van der Waals surface area (Å²) in [6, 6.07) is 14.1. The largest absolute Gasteiger partial charge is 0.508 e. The van der Waals surface area contributed by atoms with Crippen molar-refractivity contribution in [1.29, 1.82) is 0 Å². The fourth-order valence-corrected chi connectivity index (χ4v) is 2.72. The minimum atomic E-state index is -0.116. The highest BCUT2D eigenvalue weighted by atomic mass is 16.5. The van der Waals surface area contributed by atoms with Crippen LogP contribution in [0.25, 0.3) is 6.08 Å². The van der Waals surface area contributed by atoms with Crippen molar-refractivity contribution in [3.63, 3.8) is 0 Å². The number of aromatic hydroxyl groups is 2. The number of rotatable bonds is 8. The van der Waals surface area contributed by atoms with Gasteiger partial charge in [-0.15, -0.1) is 0 Å². The number of ether oxygens (including phenoxy) is 2. The minimum absolute atomic E-state index is 0.116. The summed E-state index contributed by atoms with van der Waals surface area (Å²) in [5.41, 5.74) is 2.04. The lowest BCUT2D eigenvalue weighted by atomic mass is 9.92. The Morgan fingerprint density at radius 3 is 2.04 bits per heavy atom. The molecule has 2 aromatic rings. The van der Waals surface area contributed by atoms with E-state index in [-0.39, 0.29) is 23.5 Å². The second kappa shape index (κ2) is 9.11. The van der Waals surface area contributed by atoms with Crippen molar-refractivity contribution in [2.45, 2.75) is 12.5 Å². The van der Waals surface area contributed by atoms with Gasteiger partial charge in [-0.1, -0.05) is 36.4 Å². The third-order valence-corrected chi connectivity index (χ3v) is 3.93. The fraction of sp³-hybridized carbons (Fsp3) is 0.300. The molecule has 0 radical (unpaired) electrons. The van der Waals surface area contributed by atoms with Gasteiger partial charge in [-0.3, -0.25) is 0 Å². The lowest BCUT2D eigenvalue weighted by Crippen LogP contribution is -2.19. The Kier molecular flexibility index (Phi) is 6.85. The molecule has 2 N–H and O–H groups in total. The van der Waals surface area contributed by atoms with Crippen LogP contribution in [0.15, 0.2) is 54.6 Å². The van der Waals surface area contributed by atoms with Gasteiger partial charge in [-0.05, 0) is 41.8 Å². The zero-order chi connectivity index (χ0) is 17.4. The van der Waals surface area contributed by atoms with Crippen LogP contribution in [-0.4, -0.2) is 31.0 Å². The van der Waals surface area contributed by atoms with E-state index in [9.17, 15) is 10.2 Å². The first-order chi connectivity index (χ1) is 11.6. The molecule has 2 atom stereocenters. The van der Waals surface area contributed by atoms with Crippen molar-refractivity contribution in [3.05, 3.63) is 65.7 Å². The third kappa shape index (κ3) is 5.11. The number of benzene rings is 2. The number of methoxy groups -OCH3 is 2. The molecule has 0 amide bonds. The lowest BCUT2D eigenvalue weighted by molar-refractivity contribution is 0.0142. The smallest absolute Gasteiger partial charge is 0.115 e. The molecule has 2 rings (SSSR count). The van der Waals surface area contributed by atoms with Crippen LogP contribution in [0, 0.1) is 5.92 Å². The summed E-state index contributed by atoms with van der Waals surface area (Å²) in [5, 5.41) is 18.8. The van der Waals surface area contributed by atoms with Gasteiger partial charge in [0.15, 0.2) is 0 Å². The highest BCUT2D eigenvalue weighted by Crippen LogP contribution is 2.30. The van der Waals surface area contributed by atoms with E-state index in [0.717, 1.165) is 17.5 Å². The number of phenolic OH excluding ortho intramolecular Hbond substituents is 2. The van der Waals surface area contributed by atoms with Crippen LogP contribution in [0.1, 0.15) is 23.7 Å². The molecule has 2 aromatic carbocycles. The first kappa shape index (κ1) is 18.0. The summed E-state index contributed by atoms with van der Waals surface area (Å²) in [6.07, 6.45) is 4.78. The molecule has 0 saturated heterocycles. The van der Waals surface area contributed by atoms with Crippen molar-refractivity contribution >= 4 is 6.08 Å². The lowest BCUT2D eigenvalue weighted by Gasteiger charge is -2.25. The summed E-state index contributed by atoms with van der Waals surface area (Å²) in [6.45, 7) is 0.569. The molecular weight excluding hydrogens is 304 g/mol. The molecule has 0 aromatic heterocycles. The third-order valence-electron chi connectivity index (χ3n) is 3.93. The van der Waals surface area contributed by atoms with E-state index in [1.807, 2.05) is 30.3 Å². The van der Waals surface area contributed by atoms with E-state index in [2.05, 4.69) is 6.08 Å². The summed E-state index contributed by atoms with van der Waals surface area (Å²) < 4.78 is 11.0. The van der Waals surface area contributed by atoms with Gasteiger partial charge < -0.3 is 19.7 Å². The molecule has 0 bridgehead atoms. The molecule has 24 heavy (non-hydrogen) atoms. The van der Waals surface area contributed by atoms with Crippen LogP contribution >= 0.6 is 0 Å². The Morgan fingerprint density at radius 1 is 0.917 bits per heavy atom. The molecule has 128 valence electrons. The van der Waals surface area contributed by atoms with E-state index in [4.69, 9.17) is 9.47 Å². The number of hydrogen-bond donors (Lipinski definition) is 2. The molecular formula is C20H24O4. The Hall–Kier alpha value is -2.30. The normalized spacial score (nSPS) is 13.9. The van der Waals surface area contributed by atoms with E-state index < -0.39 is 0 Å². The summed E-state index contributed by atoms with van der Waals surface area (Å²) in [7, 11) is 3.37. The van der Waals surface area contributed by atoms with Crippen LogP contribution in [0.5, 0.6) is 11.5 Å². The Balaban J connectivity index is 2.08. The zero-order valence-electron chi connectivity index (χ0n) is 14.1. The number of hydrogen-bond acceptors (Lipinski definition) is 4. The standard InChI is InChI=1S/C20H24O4/c1-23-14-17(5-3-4-15-6-10-18(21)11-7-15)20(24-2)16-8-12-19(22)13-9-16/h3-4,6-13,17,20-22H,5,14H2,1-2H3/b4-3+/t17-,20+/m1/s1. The average molecular weight is 328 g/mol. The van der Waals surface area contributed by atoms with E-state index in [1.165, 1.54) is 0 Å². The first-order valence-corrected chi connectivity index (χ1v) is 7.90. The molecule has 4 nitrogen and oxygen atoms in total. The topological polar surface area (TPSA) is 58.9 Å². The highest BCUT2D eigenvalue weighted by Gasteiger charge is 2.22. The van der Waals surface area contributed by atoms with Crippen LogP contribution in [0.3, 0.4) is 0 Å². The second-order valence-corrected chi connectivity index (χ2v) is 5.69. The van der Waals surface area contributed by atoms with E-state index in [0.29, 0.717) is 6.61 Å². The van der Waals surface area contributed by atoms with Gasteiger partial charge >= 0.3 is 0 Å². The molecule has 0 spiro atoms. The van der Waals surface area contributed by atoms with Crippen molar-refractivity contribution in [1.82, 2.24) is 0 Å². The minimum Gasteiger partial charge on any atom is -0.508 e. The van der Waals surface area contributed by atoms with Gasteiger partial charge in [0.1, 0.15) is 11.5 Å². The maximum absolute atomic E-state index is 9.45. The molecule has 0 fully saturated rings. The van der Waals surface area contributed by atoms with Crippen molar-refractivity contribution in [3.8, 4) is 11.5 Å². The summed E-state index contributed by atoms with van der Waals surface area (Å²) in [5.74, 6) is 0.651. The molecule has 0 aliphatic heterocycles. The Bertz CT molecular complexity index is 632. The maximum atomic E-state index is 9.45. The van der Waals surface area contributed by atoms with Crippen LogP contribution in [0.2, 0.25) is 0 Å². The molecule has 0 aliphatic carbocycles. The SMILES string of the molecule is COC[C@@H](C/C=C/c1ccc(O)cc1)[C@@H](OC)c1ccc(O)cc1. The Labute approximate surface area is 143 Å². The highest BCUT2D eigenvalue weighted by molar-refractivity contribution is 5.50. The molecule has 0 saturated carbocycles. The average Bonchev–Trinajstić information content (AvgIpc) is 2.59. The van der Waals surface area contributed by atoms with Gasteiger partial charge in [0.2, 0.25) is 0 Å². The van der Waals surface area contributed by atoms with Gasteiger partial charge in [0, 0.05) is 20.1 Å². The number of allylic oxidation sites excluding steroid dienone is 1. The van der Waals surface area contributed by atoms with Gasteiger partial charge in [-0.2, -0.15) is 0 Å². The van der Waals surface area contributed by atoms with E-state index >= 15 is 0 Å². The Morgan fingerprint density at radius 2 is 1.50 bits per heavy atom. The van der Waals surface area contributed by atoms with Gasteiger partial charge in [0.25, 0.3) is 0 Å². The zero-order valence-corrected chi connectivity index (χ0v) is 14.1. The molecule has 0 heterocycles. The van der Waals surface area contributed by atoms with Crippen LogP contribution in [0.4, 0.5) is 0 Å². The van der Waals surface area contributed by atoms with Crippen molar-refractivity contribution in [2.75, 3.05) is 20.8 Å². The molecule has 4 heteroatoms. The quantitative estimate of drug-likeness (QED) is 0.764. The maximum Gasteiger partial charge on any atom is 0.115 e. The van der Waals surface area contributed by atoms with Crippen LogP contribution < -0.4 is 0 Å². The van der Waals surface area contributed by atoms with Crippen molar-refractivity contribution in [2.24, 2.45) is 5.92 Å². The van der Waals surface area contributed by atoms with Crippen molar-refractivity contribution < 1.29 is 19.7 Å². The summed E-state index contributed by atoms with van der Waals surface area (Å²) >= 11 is 0. The van der Waals surface area contributed by atoms with Crippen LogP contribution in [-0.2, 0) is 9.47 Å². The fourth-order valence-electron chi connectivity index (χ4n) is 2.72. The van der Waals surface area contributed by atoms with Gasteiger partial charge in [0.05, 0.1) is 12.7 Å². The predicted octanol–water partition coefficient (Wildman–Crippen LogP) is 4.15. The summed E-state index contributed by atoms with van der Waals surface area (Å²) in [4.78, 5) is 0. The first-order valence-electron chi connectivity index (χ1n) is 7.90. The second-order valence-electron chi connectivity index (χ2n) is 5.69. The molecule has 0 unspecified atom stereocenters.